The molecular weight excluding hydrogens is 342 g/mol. The maximum atomic E-state index is 5.51. The molecule has 1 aliphatic heterocycles. The third-order valence-corrected chi connectivity index (χ3v) is 4.83. The summed E-state index contributed by atoms with van der Waals surface area (Å²) in [6.07, 6.45) is 1.85. The summed E-state index contributed by atoms with van der Waals surface area (Å²) in [5.74, 6) is 1.77. The molecule has 27 heavy (non-hydrogen) atoms. The van der Waals surface area contributed by atoms with Gasteiger partial charge in [-0.25, -0.2) is 4.98 Å². The lowest BCUT2D eigenvalue weighted by atomic mass is 10.1. The smallest absolute Gasteiger partial charge is 0.165 e. The predicted molar refractivity (Wildman–Crippen MR) is 105 cm³/mol. The molecule has 4 rings (SSSR count). The molecule has 142 valence electrons. The number of methoxy groups -OCH3 is 1. The van der Waals surface area contributed by atoms with Crippen LogP contribution in [0.15, 0.2) is 36.5 Å². The van der Waals surface area contributed by atoms with Gasteiger partial charge in [-0.1, -0.05) is 18.2 Å². The van der Waals surface area contributed by atoms with Crippen LogP contribution in [0.3, 0.4) is 0 Å². The van der Waals surface area contributed by atoms with Crippen LogP contribution in [-0.4, -0.2) is 66.0 Å². The lowest BCUT2D eigenvalue weighted by Gasteiger charge is -2.26. The lowest BCUT2D eigenvalue weighted by molar-refractivity contribution is 0.0398. The van der Waals surface area contributed by atoms with Gasteiger partial charge in [0.25, 0.3) is 0 Å². The molecule has 2 aromatic heterocycles. The number of fused-ring (bicyclic) bond motifs is 1. The van der Waals surface area contributed by atoms with Crippen LogP contribution >= 0.6 is 0 Å². The van der Waals surface area contributed by atoms with E-state index < -0.39 is 0 Å². The van der Waals surface area contributed by atoms with E-state index in [-0.39, 0.29) is 0 Å². The summed E-state index contributed by atoms with van der Waals surface area (Å²) in [6.45, 7) is 7.46. The quantitative estimate of drug-likeness (QED) is 0.722. The van der Waals surface area contributed by atoms with Crippen LogP contribution in [0.5, 0.6) is 5.75 Å². The maximum Gasteiger partial charge on any atom is 0.165 e. The Bertz CT molecular complexity index is 918. The standard InChI is InChI=1S/C20H25N5O2/c1-15-13-19(21-7-8-24-9-11-27-12-10-24)25-20(23-15)17(14-22-25)16-5-3-4-6-18(16)26-2/h3-6,13-14,21H,7-12H2,1-2H3. The largest absolute Gasteiger partial charge is 0.496 e. The molecule has 7 heteroatoms. The molecule has 0 aliphatic carbocycles. The van der Waals surface area contributed by atoms with Crippen LogP contribution in [0.25, 0.3) is 16.8 Å². The van der Waals surface area contributed by atoms with Crippen molar-refractivity contribution in [1.29, 1.82) is 0 Å². The summed E-state index contributed by atoms with van der Waals surface area (Å²) >= 11 is 0. The third-order valence-electron chi connectivity index (χ3n) is 4.83. The lowest BCUT2D eigenvalue weighted by Crippen LogP contribution is -2.39. The number of aromatic nitrogens is 3. The van der Waals surface area contributed by atoms with Crippen molar-refractivity contribution in [3.8, 4) is 16.9 Å². The summed E-state index contributed by atoms with van der Waals surface area (Å²) in [5, 5.41) is 8.10. The second-order valence-electron chi connectivity index (χ2n) is 6.66. The van der Waals surface area contributed by atoms with Crippen LogP contribution in [0.2, 0.25) is 0 Å². The summed E-state index contributed by atoms with van der Waals surface area (Å²) < 4.78 is 12.8. The van der Waals surface area contributed by atoms with E-state index in [1.54, 1.807) is 7.11 Å². The van der Waals surface area contributed by atoms with Crippen molar-refractivity contribution in [1.82, 2.24) is 19.5 Å². The van der Waals surface area contributed by atoms with Crippen molar-refractivity contribution in [3.63, 3.8) is 0 Å². The van der Waals surface area contributed by atoms with E-state index in [9.17, 15) is 0 Å². The fourth-order valence-corrected chi connectivity index (χ4v) is 3.43. The summed E-state index contributed by atoms with van der Waals surface area (Å²) in [7, 11) is 1.68. The Hall–Kier alpha value is -2.64. The topological polar surface area (TPSA) is 63.9 Å². The van der Waals surface area contributed by atoms with E-state index in [1.807, 2.05) is 48.0 Å². The van der Waals surface area contributed by atoms with Crippen molar-refractivity contribution < 1.29 is 9.47 Å². The Morgan fingerprint density at radius 2 is 2.00 bits per heavy atom. The van der Waals surface area contributed by atoms with Gasteiger partial charge in [-0.15, -0.1) is 0 Å². The minimum absolute atomic E-state index is 0.817. The van der Waals surface area contributed by atoms with E-state index in [4.69, 9.17) is 14.5 Å². The number of hydrogen-bond acceptors (Lipinski definition) is 6. The Morgan fingerprint density at radius 1 is 1.19 bits per heavy atom. The second-order valence-corrected chi connectivity index (χ2v) is 6.66. The molecule has 1 N–H and O–H groups in total. The maximum absolute atomic E-state index is 5.51. The SMILES string of the molecule is COc1ccccc1-c1cnn2c(NCCN3CCOCC3)cc(C)nc12. The van der Waals surface area contributed by atoms with E-state index in [1.165, 1.54) is 0 Å². The molecule has 3 aromatic rings. The highest BCUT2D eigenvalue weighted by Crippen LogP contribution is 2.32. The van der Waals surface area contributed by atoms with Crippen LogP contribution in [0.1, 0.15) is 5.69 Å². The third kappa shape index (κ3) is 3.74. The van der Waals surface area contributed by atoms with Crippen LogP contribution in [-0.2, 0) is 4.74 Å². The van der Waals surface area contributed by atoms with Crippen molar-refractivity contribution in [2.75, 3.05) is 51.8 Å². The molecule has 0 unspecified atom stereocenters. The van der Waals surface area contributed by atoms with E-state index >= 15 is 0 Å². The van der Waals surface area contributed by atoms with Gasteiger partial charge in [-0.3, -0.25) is 4.90 Å². The number of ether oxygens (including phenoxy) is 2. The first-order valence-corrected chi connectivity index (χ1v) is 9.29. The number of para-hydroxylation sites is 1. The molecule has 1 saturated heterocycles. The highest BCUT2D eigenvalue weighted by atomic mass is 16.5. The molecule has 0 amide bonds. The molecule has 1 aromatic carbocycles. The predicted octanol–water partition coefficient (Wildman–Crippen LogP) is 2.46. The summed E-state index contributed by atoms with van der Waals surface area (Å²) in [4.78, 5) is 7.13. The molecule has 0 atom stereocenters. The molecular formula is C20H25N5O2. The van der Waals surface area contributed by atoms with Gasteiger partial charge in [0.15, 0.2) is 5.65 Å². The van der Waals surface area contributed by atoms with Crippen molar-refractivity contribution >= 4 is 11.5 Å². The van der Waals surface area contributed by atoms with Gasteiger partial charge in [0.05, 0.1) is 32.1 Å². The van der Waals surface area contributed by atoms with Gasteiger partial charge in [-0.05, 0) is 13.0 Å². The number of morpholine rings is 1. The van der Waals surface area contributed by atoms with E-state index in [0.29, 0.717) is 0 Å². The van der Waals surface area contributed by atoms with Gasteiger partial charge < -0.3 is 14.8 Å². The Balaban J connectivity index is 1.60. The Morgan fingerprint density at radius 3 is 2.81 bits per heavy atom. The van der Waals surface area contributed by atoms with Gasteiger partial charge in [0.1, 0.15) is 11.6 Å². The number of nitrogens with zero attached hydrogens (tertiary/aromatic N) is 4. The highest BCUT2D eigenvalue weighted by Gasteiger charge is 2.15. The first-order valence-electron chi connectivity index (χ1n) is 9.29. The van der Waals surface area contributed by atoms with Gasteiger partial charge in [0.2, 0.25) is 0 Å². The van der Waals surface area contributed by atoms with Gasteiger partial charge >= 0.3 is 0 Å². The van der Waals surface area contributed by atoms with E-state index in [0.717, 1.165) is 73.4 Å². The first kappa shape index (κ1) is 17.8. The van der Waals surface area contributed by atoms with Gasteiger partial charge in [0, 0.05) is 43.5 Å². The average Bonchev–Trinajstić information content (AvgIpc) is 3.12. The Kier molecular flexibility index (Phi) is 5.22. The summed E-state index contributed by atoms with van der Waals surface area (Å²) in [5.41, 5.74) is 3.74. The Labute approximate surface area is 158 Å². The van der Waals surface area contributed by atoms with Crippen molar-refractivity contribution in [2.45, 2.75) is 6.92 Å². The van der Waals surface area contributed by atoms with Crippen LogP contribution in [0, 0.1) is 6.92 Å². The van der Waals surface area contributed by atoms with Crippen LogP contribution < -0.4 is 10.1 Å². The fourth-order valence-electron chi connectivity index (χ4n) is 3.43. The monoisotopic (exact) mass is 367 g/mol. The van der Waals surface area contributed by atoms with Crippen molar-refractivity contribution in [2.24, 2.45) is 0 Å². The van der Waals surface area contributed by atoms with E-state index in [2.05, 4.69) is 15.3 Å². The zero-order chi connectivity index (χ0) is 18.6. The zero-order valence-electron chi connectivity index (χ0n) is 15.8. The normalized spacial score (nSPS) is 15.2. The number of aryl methyl sites for hydroxylation is 1. The summed E-state index contributed by atoms with van der Waals surface area (Å²) in [6, 6.07) is 9.98. The fraction of sp³-hybridized carbons (Fsp3) is 0.400. The molecule has 3 heterocycles. The number of benzene rings is 1. The minimum Gasteiger partial charge on any atom is -0.496 e. The first-order chi connectivity index (χ1) is 13.3. The molecule has 0 spiro atoms. The number of nitrogens with one attached hydrogen (secondary N) is 1. The number of anilines is 1. The molecule has 1 fully saturated rings. The van der Waals surface area contributed by atoms with Crippen LogP contribution in [0.4, 0.5) is 5.82 Å². The molecule has 7 nitrogen and oxygen atoms in total. The molecule has 1 aliphatic rings. The minimum atomic E-state index is 0.817. The molecule has 0 radical (unpaired) electrons. The number of hydrogen-bond donors (Lipinski definition) is 1. The van der Waals surface area contributed by atoms with Gasteiger partial charge in [-0.2, -0.15) is 9.61 Å². The zero-order valence-corrected chi connectivity index (χ0v) is 15.8. The highest BCUT2D eigenvalue weighted by molar-refractivity contribution is 5.82. The molecule has 0 bridgehead atoms. The number of rotatable bonds is 6. The molecule has 0 saturated carbocycles. The second kappa shape index (κ2) is 7.94. The van der Waals surface area contributed by atoms with Crippen molar-refractivity contribution in [3.05, 3.63) is 42.2 Å². The average molecular weight is 367 g/mol.